The van der Waals surface area contributed by atoms with Gasteiger partial charge in [-0.15, -0.1) is 20.4 Å². The molecule has 0 saturated heterocycles. The molecule has 0 bridgehead atoms. The largest absolute Gasteiger partial charge is 0.205 e. The Morgan fingerprint density at radius 3 is 1.25 bits per heavy atom. The second-order valence-corrected chi connectivity index (χ2v) is 10.4. The van der Waals surface area contributed by atoms with Crippen molar-refractivity contribution in [2.24, 2.45) is 0 Å². The van der Waals surface area contributed by atoms with Crippen LogP contribution in [0.2, 0.25) is 0 Å². The number of aromatic nitrogens is 4. The summed E-state index contributed by atoms with van der Waals surface area (Å²) in [6.45, 7) is 4.01. The molecular formula is C24H22F6N4S2. The molecule has 0 aliphatic heterocycles. The number of hydrogen-bond donors (Lipinski definition) is 0. The van der Waals surface area contributed by atoms with E-state index in [1.807, 2.05) is 13.8 Å². The number of hydrogen-bond acceptors (Lipinski definition) is 6. The fraction of sp³-hybridized carbons (Fsp3) is 0.417. The molecule has 0 aliphatic carbocycles. The number of aryl methyl sites for hydroxylation is 2. The van der Waals surface area contributed by atoms with Gasteiger partial charge in [0.1, 0.15) is 21.6 Å². The highest BCUT2D eigenvalue weighted by molar-refractivity contribution is 7.15. The molecule has 0 radical (unpaired) electrons. The fourth-order valence-electron chi connectivity index (χ4n) is 3.85. The molecule has 4 rings (SSSR count). The Labute approximate surface area is 211 Å². The minimum Gasteiger partial charge on any atom is -0.205 e. The summed E-state index contributed by atoms with van der Waals surface area (Å²) in [6, 6.07) is 0. The molecule has 2 aromatic carbocycles. The molecule has 0 unspecified atom stereocenters. The predicted molar refractivity (Wildman–Crippen MR) is 128 cm³/mol. The fourth-order valence-corrected chi connectivity index (χ4v) is 5.68. The summed E-state index contributed by atoms with van der Waals surface area (Å²) in [5, 5.41) is 12.7. The van der Waals surface area contributed by atoms with Gasteiger partial charge >= 0.3 is 0 Å². The van der Waals surface area contributed by atoms with Crippen molar-refractivity contribution in [1.29, 1.82) is 0 Å². The summed E-state index contributed by atoms with van der Waals surface area (Å²) >= 11 is 1.62. The zero-order valence-electron chi connectivity index (χ0n) is 19.5. The van der Waals surface area contributed by atoms with E-state index in [-0.39, 0.29) is 10.0 Å². The molecule has 2 heterocycles. The molecule has 192 valence electrons. The molecule has 4 aromatic rings. The molecule has 12 heteroatoms. The molecule has 0 aliphatic rings. The van der Waals surface area contributed by atoms with E-state index in [9.17, 15) is 0 Å². The Hall–Kier alpha value is -2.60. The highest BCUT2D eigenvalue weighted by Crippen LogP contribution is 2.42. The number of halogens is 6. The maximum Gasteiger partial charge on any atom is 0.172 e. The van der Waals surface area contributed by atoms with E-state index < -0.39 is 56.8 Å². The lowest BCUT2D eigenvalue weighted by molar-refractivity contribution is 0.486. The minimum absolute atomic E-state index is 0.345. The molecule has 2 aromatic heterocycles. The third-order valence-corrected chi connectivity index (χ3v) is 7.74. The third-order valence-electron chi connectivity index (χ3n) is 5.74. The molecule has 0 N–H and O–H groups in total. The first-order valence-electron chi connectivity index (χ1n) is 11.6. The number of benzene rings is 2. The van der Waals surface area contributed by atoms with Crippen LogP contribution >= 0.6 is 22.7 Å². The van der Waals surface area contributed by atoms with Crippen LogP contribution in [-0.2, 0) is 12.8 Å². The highest BCUT2D eigenvalue weighted by atomic mass is 32.1. The molecule has 4 nitrogen and oxygen atoms in total. The number of nitrogens with zero attached hydrogens (tertiary/aromatic N) is 4. The van der Waals surface area contributed by atoms with Gasteiger partial charge in [-0.3, -0.25) is 0 Å². The van der Waals surface area contributed by atoms with Crippen LogP contribution in [0.5, 0.6) is 0 Å². The third kappa shape index (κ3) is 4.84. The second-order valence-electron chi connectivity index (χ2n) is 8.30. The van der Waals surface area contributed by atoms with Crippen molar-refractivity contribution >= 4 is 33.4 Å². The van der Waals surface area contributed by atoms with Crippen molar-refractivity contribution in [1.82, 2.24) is 20.4 Å². The number of rotatable bonds is 10. The average molecular weight is 545 g/mol. The normalized spacial score (nSPS) is 11.7. The molecular weight excluding hydrogens is 522 g/mol. The highest BCUT2D eigenvalue weighted by Gasteiger charge is 2.33. The van der Waals surface area contributed by atoms with Crippen LogP contribution in [0.15, 0.2) is 0 Å². The minimum atomic E-state index is -1.85. The van der Waals surface area contributed by atoms with E-state index in [4.69, 9.17) is 0 Å². The van der Waals surface area contributed by atoms with E-state index in [0.29, 0.717) is 22.9 Å². The SMILES string of the molecule is CCCCCc1nnc(-c2c(F)c(F)c3c(F)c(-c4nnc(CCCCC)s4)c(F)c(F)c3c2F)s1. The predicted octanol–water partition coefficient (Wildman–Crippen LogP) is 8.18. The van der Waals surface area contributed by atoms with Crippen molar-refractivity contribution in [2.45, 2.75) is 65.2 Å². The lowest BCUT2D eigenvalue weighted by atomic mass is 10.00. The zero-order valence-corrected chi connectivity index (χ0v) is 21.2. The molecule has 0 fully saturated rings. The van der Waals surface area contributed by atoms with Crippen molar-refractivity contribution in [2.75, 3.05) is 0 Å². The summed E-state index contributed by atoms with van der Waals surface area (Å²) < 4.78 is 91.0. The molecule has 36 heavy (non-hydrogen) atoms. The van der Waals surface area contributed by atoms with E-state index in [1.165, 1.54) is 0 Å². The zero-order chi connectivity index (χ0) is 26.0. The van der Waals surface area contributed by atoms with Gasteiger partial charge < -0.3 is 0 Å². The van der Waals surface area contributed by atoms with Crippen LogP contribution in [-0.4, -0.2) is 20.4 Å². The second kappa shape index (κ2) is 11.2. The van der Waals surface area contributed by atoms with Crippen LogP contribution in [0.1, 0.15) is 62.4 Å². The van der Waals surface area contributed by atoms with Gasteiger partial charge in [0, 0.05) is 12.8 Å². The topological polar surface area (TPSA) is 51.6 Å². The van der Waals surface area contributed by atoms with Crippen molar-refractivity contribution in [3.05, 3.63) is 44.9 Å². The Morgan fingerprint density at radius 1 is 0.500 bits per heavy atom. The van der Waals surface area contributed by atoms with Crippen LogP contribution in [0.25, 0.3) is 31.9 Å². The Morgan fingerprint density at radius 2 is 0.889 bits per heavy atom. The summed E-state index contributed by atoms with van der Waals surface area (Å²) in [5.41, 5.74) is -2.03. The van der Waals surface area contributed by atoms with Crippen molar-refractivity contribution < 1.29 is 26.3 Å². The lowest BCUT2D eigenvalue weighted by Crippen LogP contribution is -2.05. The van der Waals surface area contributed by atoms with Crippen LogP contribution in [0, 0.1) is 34.9 Å². The van der Waals surface area contributed by atoms with Gasteiger partial charge in [0.05, 0.1) is 21.9 Å². The number of unbranched alkanes of at least 4 members (excludes halogenated alkanes) is 4. The first-order chi connectivity index (χ1) is 17.3. The molecule has 0 saturated carbocycles. The van der Waals surface area contributed by atoms with Gasteiger partial charge in [-0.05, 0) is 12.8 Å². The molecule has 0 amide bonds. The van der Waals surface area contributed by atoms with Crippen LogP contribution in [0.3, 0.4) is 0 Å². The summed E-state index contributed by atoms with van der Waals surface area (Å²) in [5.74, 6) is -10.5. The van der Waals surface area contributed by atoms with Gasteiger partial charge in [-0.1, -0.05) is 62.2 Å². The maximum atomic E-state index is 15.4. The van der Waals surface area contributed by atoms with Gasteiger partial charge in [-0.25, -0.2) is 26.3 Å². The summed E-state index contributed by atoms with van der Waals surface area (Å²) in [7, 11) is 0. The monoisotopic (exact) mass is 544 g/mol. The lowest BCUT2D eigenvalue weighted by Gasteiger charge is -2.12. The van der Waals surface area contributed by atoms with E-state index >= 15 is 26.3 Å². The maximum absolute atomic E-state index is 15.4. The van der Waals surface area contributed by atoms with E-state index in [2.05, 4.69) is 20.4 Å². The Bertz CT molecular complexity index is 1300. The first kappa shape index (κ1) is 26.5. The quantitative estimate of drug-likeness (QED) is 0.115. The van der Waals surface area contributed by atoms with E-state index in [0.717, 1.165) is 61.2 Å². The Balaban J connectivity index is 1.84. The van der Waals surface area contributed by atoms with Gasteiger partial charge in [0.15, 0.2) is 33.3 Å². The molecule has 0 atom stereocenters. The molecule has 0 spiro atoms. The Kier molecular flexibility index (Phi) is 8.23. The van der Waals surface area contributed by atoms with Crippen molar-refractivity contribution in [3.63, 3.8) is 0 Å². The van der Waals surface area contributed by atoms with E-state index in [1.54, 1.807) is 0 Å². The smallest absolute Gasteiger partial charge is 0.172 e. The van der Waals surface area contributed by atoms with Crippen LogP contribution in [0.4, 0.5) is 26.3 Å². The summed E-state index contributed by atoms with van der Waals surface area (Å²) in [6.07, 6.45) is 6.22. The van der Waals surface area contributed by atoms with Gasteiger partial charge in [0.25, 0.3) is 0 Å². The average Bonchev–Trinajstić information content (AvgIpc) is 3.51. The van der Waals surface area contributed by atoms with Gasteiger partial charge in [0.2, 0.25) is 0 Å². The first-order valence-corrected chi connectivity index (χ1v) is 13.2. The van der Waals surface area contributed by atoms with Gasteiger partial charge in [-0.2, -0.15) is 0 Å². The van der Waals surface area contributed by atoms with Crippen molar-refractivity contribution in [3.8, 4) is 21.1 Å². The van der Waals surface area contributed by atoms with Crippen LogP contribution < -0.4 is 0 Å². The summed E-state index contributed by atoms with van der Waals surface area (Å²) in [4.78, 5) is 0. The number of fused-ring (bicyclic) bond motifs is 1. The standard InChI is InChI=1S/C24H22F6N4S2/c1-3-5-7-9-11-31-33-23(35-11)15-17(25)13-14(19(27)21(15)29)18(26)16(22(30)20(13)28)24-34-32-12(36-24)10-8-6-4-2/h3-10H2,1-2H3.